The first-order valence-electron chi connectivity index (χ1n) is 8.79. The highest BCUT2D eigenvalue weighted by atomic mass is 79.9. The lowest BCUT2D eigenvalue weighted by Gasteiger charge is -2.38. The molecule has 0 saturated carbocycles. The van der Waals surface area contributed by atoms with Gasteiger partial charge < -0.3 is 14.8 Å². The molecule has 2 aromatic carbocycles. The van der Waals surface area contributed by atoms with Crippen LogP contribution >= 0.6 is 15.9 Å². The summed E-state index contributed by atoms with van der Waals surface area (Å²) in [5.74, 6) is 2.40. The lowest BCUT2D eigenvalue weighted by atomic mass is 9.76. The lowest BCUT2D eigenvalue weighted by Crippen LogP contribution is -2.29. The Bertz CT molecular complexity index is 953. The van der Waals surface area contributed by atoms with Gasteiger partial charge in [-0.1, -0.05) is 28.1 Å². The molecule has 0 fully saturated rings. The van der Waals surface area contributed by atoms with Crippen LogP contribution in [0, 0.1) is 5.92 Å². The third-order valence-corrected chi connectivity index (χ3v) is 6.28. The second kappa shape index (κ2) is 5.88. The number of allylic oxidation sites excluding steroid dienone is 2. The van der Waals surface area contributed by atoms with Crippen molar-refractivity contribution in [3.8, 4) is 11.5 Å². The summed E-state index contributed by atoms with van der Waals surface area (Å²) in [5, 5.41) is 3.71. The van der Waals surface area contributed by atoms with Gasteiger partial charge in [-0.15, -0.1) is 0 Å². The van der Waals surface area contributed by atoms with E-state index < -0.39 is 0 Å². The van der Waals surface area contributed by atoms with Gasteiger partial charge in [0.15, 0.2) is 17.3 Å². The third-order valence-electron chi connectivity index (χ3n) is 5.60. The van der Waals surface area contributed by atoms with Gasteiger partial charge in [-0.2, -0.15) is 0 Å². The summed E-state index contributed by atoms with van der Waals surface area (Å²) in [6, 6.07) is 10.2. The molecular formula is C21H18BrNO3. The molecule has 2 aromatic rings. The molecule has 1 N–H and O–H groups in total. The number of fused-ring (bicyclic) bond motifs is 4. The van der Waals surface area contributed by atoms with Crippen molar-refractivity contribution >= 4 is 27.4 Å². The number of nitrogens with one attached hydrogen (secondary N) is 1. The number of benzene rings is 2. The molecule has 2 aliphatic heterocycles. The van der Waals surface area contributed by atoms with Gasteiger partial charge in [0.2, 0.25) is 6.79 Å². The van der Waals surface area contributed by atoms with E-state index in [1.54, 1.807) is 6.92 Å². The predicted octanol–water partition coefficient (Wildman–Crippen LogP) is 5.21. The Kier molecular flexibility index (Phi) is 3.60. The van der Waals surface area contributed by atoms with Gasteiger partial charge in [0.25, 0.3) is 0 Å². The molecule has 0 amide bonds. The second-order valence-corrected chi connectivity index (χ2v) is 7.92. The molecule has 26 heavy (non-hydrogen) atoms. The fourth-order valence-electron chi connectivity index (χ4n) is 4.29. The summed E-state index contributed by atoms with van der Waals surface area (Å²) in [7, 11) is 0. The van der Waals surface area contributed by atoms with Crippen molar-refractivity contribution in [2.45, 2.75) is 25.3 Å². The van der Waals surface area contributed by atoms with E-state index in [9.17, 15) is 4.79 Å². The highest BCUT2D eigenvalue weighted by molar-refractivity contribution is 9.10. The molecule has 4 nitrogen and oxygen atoms in total. The van der Waals surface area contributed by atoms with Gasteiger partial charge >= 0.3 is 0 Å². The Labute approximate surface area is 160 Å². The molecule has 5 rings (SSSR count). The zero-order valence-electron chi connectivity index (χ0n) is 14.3. The molecule has 132 valence electrons. The summed E-state index contributed by atoms with van der Waals surface area (Å²) in [6.45, 7) is 1.89. The Hall–Kier alpha value is -2.27. The quantitative estimate of drug-likeness (QED) is 0.544. The van der Waals surface area contributed by atoms with Crippen molar-refractivity contribution in [1.29, 1.82) is 0 Å². The number of halogens is 1. The largest absolute Gasteiger partial charge is 0.454 e. The van der Waals surface area contributed by atoms with Crippen molar-refractivity contribution in [2.24, 2.45) is 5.92 Å². The smallest absolute Gasteiger partial charge is 0.231 e. The minimum Gasteiger partial charge on any atom is -0.454 e. The summed E-state index contributed by atoms with van der Waals surface area (Å²) in [4.78, 5) is 11.8. The maximum absolute atomic E-state index is 11.8. The summed E-state index contributed by atoms with van der Waals surface area (Å²) in [5.41, 5.74) is 4.25. The molecular weight excluding hydrogens is 394 g/mol. The second-order valence-electron chi connectivity index (χ2n) is 7.06. The number of carbonyl (C=O) groups excluding carboxylic acids is 1. The fourth-order valence-corrected chi connectivity index (χ4v) is 4.86. The third kappa shape index (κ3) is 2.37. The molecule has 3 aliphatic rings. The average molecular weight is 412 g/mol. The van der Waals surface area contributed by atoms with Crippen LogP contribution in [0.4, 0.5) is 5.69 Å². The summed E-state index contributed by atoms with van der Waals surface area (Å²) in [6.07, 6.45) is 5.54. The van der Waals surface area contributed by atoms with E-state index in [1.807, 2.05) is 24.3 Å². The number of ether oxygens (including phenoxy) is 2. The molecule has 0 saturated heterocycles. The standard InChI is InChI=1S/C21H18BrNO3/c1-11(24)12-5-6-18-15(7-12)13-3-2-4-14(13)21(23-18)16-8-19-20(9-17(16)22)26-10-25-19/h2-3,5-9,13-14,21,23H,4,10H2,1H3/t13-,14-,21-/m0/s1. The van der Waals surface area contributed by atoms with Crippen LogP contribution in [0.5, 0.6) is 11.5 Å². The van der Waals surface area contributed by atoms with Crippen LogP contribution in [0.25, 0.3) is 0 Å². The average Bonchev–Trinajstić information content (AvgIpc) is 3.29. The Balaban J connectivity index is 1.59. The van der Waals surface area contributed by atoms with E-state index in [1.165, 1.54) is 11.1 Å². The normalized spacial score (nSPS) is 24.8. The molecule has 0 bridgehead atoms. The number of Topliss-reactive ketones (excluding diaryl/α,β-unsaturated/α-hetero) is 1. The van der Waals surface area contributed by atoms with Gasteiger partial charge in [-0.3, -0.25) is 4.79 Å². The van der Waals surface area contributed by atoms with E-state index in [0.29, 0.717) is 11.8 Å². The number of rotatable bonds is 2. The molecule has 0 unspecified atom stereocenters. The number of ketones is 1. The van der Waals surface area contributed by atoms with E-state index in [2.05, 4.69) is 39.5 Å². The van der Waals surface area contributed by atoms with Gasteiger partial charge in [-0.05, 0) is 60.7 Å². The molecule has 2 heterocycles. The van der Waals surface area contributed by atoms with Gasteiger partial charge in [0.1, 0.15) is 0 Å². The maximum atomic E-state index is 11.8. The number of hydrogen-bond acceptors (Lipinski definition) is 4. The highest BCUT2D eigenvalue weighted by Crippen LogP contribution is 2.52. The molecule has 0 spiro atoms. The number of anilines is 1. The van der Waals surface area contributed by atoms with Crippen LogP contribution in [-0.4, -0.2) is 12.6 Å². The zero-order valence-corrected chi connectivity index (χ0v) is 15.9. The van der Waals surface area contributed by atoms with Crippen LogP contribution in [0.15, 0.2) is 47.0 Å². The first-order valence-corrected chi connectivity index (χ1v) is 9.58. The van der Waals surface area contributed by atoms with Crippen molar-refractivity contribution in [3.05, 3.63) is 63.6 Å². The van der Waals surface area contributed by atoms with Crippen molar-refractivity contribution in [1.82, 2.24) is 0 Å². The van der Waals surface area contributed by atoms with Gasteiger partial charge in [0, 0.05) is 21.6 Å². The highest BCUT2D eigenvalue weighted by Gasteiger charge is 2.39. The summed E-state index contributed by atoms with van der Waals surface area (Å²) >= 11 is 3.71. The van der Waals surface area contributed by atoms with Crippen LogP contribution in [0.1, 0.15) is 46.8 Å². The lowest BCUT2D eigenvalue weighted by molar-refractivity contribution is 0.101. The first kappa shape index (κ1) is 15.9. The Morgan fingerprint density at radius 2 is 1.96 bits per heavy atom. The Morgan fingerprint density at radius 3 is 2.77 bits per heavy atom. The predicted molar refractivity (Wildman–Crippen MR) is 103 cm³/mol. The van der Waals surface area contributed by atoms with Crippen LogP contribution in [0.2, 0.25) is 0 Å². The molecule has 3 atom stereocenters. The van der Waals surface area contributed by atoms with Crippen molar-refractivity contribution in [3.63, 3.8) is 0 Å². The fraction of sp³-hybridized carbons (Fsp3) is 0.286. The van der Waals surface area contributed by atoms with E-state index in [4.69, 9.17) is 9.47 Å². The van der Waals surface area contributed by atoms with Crippen molar-refractivity contribution in [2.75, 3.05) is 12.1 Å². The molecule has 0 aromatic heterocycles. The molecule has 0 radical (unpaired) electrons. The minimum atomic E-state index is 0.104. The van der Waals surface area contributed by atoms with E-state index in [-0.39, 0.29) is 18.6 Å². The topological polar surface area (TPSA) is 47.6 Å². The first-order chi connectivity index (χ1) is 12.6. The number of carbonyl (C=O) groups is 1. The van der Waals surface area contributed by atoms with Crippen LogP contribution in [0.3, 0.4) is 0 Å². The maximum Gasteiger partial charge on any atom is 0.231 e. The number of hydrogen-bond donors (Lipinski definition) is 1. The SMILES string of the molecule is CC(=O)c1ccc2c(c1)[C@H]1C=CC[C@@H]1[C@@H](c1cc3c(cc1Br)OCO3)N2. The van der Waals surface area contributed by atoms with Crippen LogP contribution < -0.4 is 14.8 Å². The van der Waals surface area contributed by atoms with Crippen LogP contribution in [-0.2, 0) is 0 Å². The minimum absolute atomic E-state index is 0.104. The summed E-state index contributed by atoms with van der Waals surface area (Å²) < 4.78 is 12.1. The van der Waals surface area contributed by atoms with E-state index >= 15 is 0 Å². The zero-order chi connectivity index (χ0) is 17.8. The monoisotopic (exact) mass is 411 g/mol. The van der Waals surface area contributed by atoms with Gasteiger partial charge in [0.05, 0.1) is 6.04 Å². The molecule has 5 heteroatoms. The van der Waals surface area contributed by atoms with Crippen molar-refractivity contribution < 1.29 is 14.3 Å². The molecule has 1 aliphatic carbocycles. The van der Waals surface area contributed by atoms with E-state index in [0.717, 1.165) is 33.6 Å². The Morgan fingerprint density at radius 1 is 1.15 bits per heavy atom. The van der Waals surface area contributed by atoms with Gasteiger partial charge in [-0.25, -0.2) is 0 Å².